The van der Waals surface area contributed by atoms with Crippen LogP contribution in [-0.4, -0.2) is 23.2 Å². The van der Waals surface area contributed by atoms with Gasteiger partial charge in [0.1, 0.15) is 0 Å². The number of aromatic nitrogens is 1. The number of ketones is 1. The first kappa shape index (κ1) is 10.7. The average Bonchev–Trinajstić information content (AvgIpc) is 2.80. The Labute approximate surface area is 106 Å². The Balaban J connectivity index is 2.06. The number of benzene rings is 1. The molecular formula is C11H7ClN2O2S. The lowest BCUT2D eigenvalue weighted by Crippen LogP contribution is -2.24. The minimum absolute atomic E-state index is 0.0172. The highest BCUT2D eigenvalue weighted by molar-refractivity contribution is 7.22. The second-order valence-electron chi connectivity index (χ2n) is 3.80. The molecule has 0 atom stereocenters. The number of Topliss-reactive ketones (excluding diaryl/α,β-unsaturated/α-hetero) is 1. The molecule has 17 heavy (non-hydrogen) atoms. The van der Waals surface area contributed by atoms with Crippen molar-refractivity contribution in [3.05, 3.63) is 23.2 Å². The van der Waals surface area contributed by atoms with Crippen LogP contribution in [0.4, 0.5) is 5.13 Å². The van der Waals surface area contributed by atoms with Gasteiger partial charge in [-0.15, -0.1) is 0 Å². The van der Waals surface area contributed by atoms with Crippen molar-refractivity contribution in [2.75, 3.05) is 11.4 Å². The molecule has 0 unspecified atom stereocenters. The number of halogens is 1. The molecule has 1 aliphatic rings. The van der Waals surface area contributed by atoms with Crippen LogP contribution in [0.15, 0.2) is 18.2 Å². The Morgan fingerprint density at radius 3 is 2.88 bits per heavy atom. The molecule has 1 amide bonds. The van der Waals surface area contributed by atoms with Crippen LogP contribution in [0, 0.1) is 0 Å². The number of amides is 1. The number of hydrogen-bond acceptors (Lipinski definition) is 4. The Morgan fingerprint density at radius 1 is 1.35 bits per heavy atom. The number of carbonyl (C=O) groups excluding carboxylic acids is 2. The third-order valence-corrected chi connectivity index (χ3v) is 3.83. The van der Waals surface area contributed by atoms with Crippen LogP contribution in [0.25, 0.3) is 10.2 Å². The van der Waals surface area contributed by atoms with Crippen molar-refractivity contribution < 1.29 is 9.59 Å². The van der Waals surface area contributed by atoms with Crippen molar-refractivity contribution in [1.82, 2.24) is 4.98 Å². The zero-order valence-corrected chi connectivity index (χ0v) is 10.2. The summed E-state index contributed by atoms with van der Waals surface area (Å²) >= 11 is 7.26. The van der Waals surface area contributed by atoms with Gasteiger partial charge in [-0.2, -0.15) is 0 Å². The molecular weight excluding hydrogens is 260 g/mol. The molecule has 0 saturated carbocycles. The van der Waals surface area contributed by atoms with Crippen molar-refractivity contribution >= 4 is 50.0 Å². The minimum atomic E-state index is -0.180. The fourth-order valence-electron chi connectivity index (χ4n) is 1.76. The molecule has 0 N–H and O–H groups in total. The summed E-state index contributed by atoms with van der Waals surface area (Å²) in [6.07, 6.45) is -0.0172. The Hall–Kier alpha value is -1.46. The van der Waals surface area contributed by atoms with Gasteiger partial charge in [0.2, 0.25) is 5.91 Å². The Bertz CT molecular complexity index is 637. The van der Waals surface area contributed by atoms with Crippen LogP contribution in [0.5, 0.6) is 0 Å². The second kappa shape index (κ2) is 3.78. The van der Waals surface area contributed by atoms with Gasteiger partial charge in [-0.1, -0.05) is 22.9 Å². The van der Waals surface area contributed by atoms with E-state index in [9.17, 15) is 9.59 Å². The van der Waals surface area contributed by atoms with Crippen LogP contribution >= 0.6 is 22.9 Å². The fourth-order valence-corrected chi connectivity index (χ4v) is 3.02. The first-order chi connectivity index (χ1) is 8.13. The lowest BCUT2D eigenvalue weighted by atomic mass is 10.3. The first-order valence-electron chi connectivity index (χ1n) is 5.01. The molecule has 1 saturated heterocycles. The van der Waals surface area contributed by atoms with Crippen molar-refractivity contribution in [1.29, 1.82) is 0 Å². The summed E-state index contributed by atoms with van der Waals surface area (Å²) < 4.78 is 0.916. The van der Waals surface area contributed by atoms with Gasteiger partial charge >= 0.3 is 0 Å². The fraction of sp³-hybridized carbons (Fsp3) is 0.182. The molecule has 1 aromatic carbocycles. The number of anilines is 1. The van der Waals surface area contributed by atoms with Gasteiger partial charge in [0.15, 0.2) is 10.9 Å². The highest BCUT2D eigenvalue weighted by atomic mass is 35.5. The van der Waals surface area contributed by atoms with Gasteiger partial charge in [-0.05, 0) is 18.2 Å². The predicted molar refractivity (Wildman–Crippen MR) is 66.6 cm³/mol. The summed E-state index contributed by atoms with van der Waals surface area (Å²) in [5.41, 5.74) is 0.793. The van der Waals surface area contributed by atoms with Crippen molar-refractivity contribution in [2.24, 2.45) is 0 Å². The van der Waals surface area contributed by atoms with Crippen molar-refractivity contribution in [3.8, 4) is 0 Å². The van der Waals surface area contributed by atoms with Crippen molar-refractivity contribution in [2.45, 2.75) is 6.42 Å². The lowest BCUT2D eigenvalue weighted by molar-refractivity contribution is -0.121. The monoisotopic (exact) mass is 266 g/mol. The van der Waals surface area contributed by atoms with E-state index in [4.69, 9.17) is 11.6 Å². The average molecular weight is 267 g/mol. The summed E-state index contributed by atoms with van der Waals surface area (Å²) in [6, 6.07) is 5.37. The highest BCUT2D eigenvalue weighted by Crippen LogP contribution is 2.32. The van der Waals surface area contributed by atoms with Crippen LogP contribution in [0.3, 0.4) is 0 Å². The van der Waals surface area contributed by atoms with Gasteiger partial charge in [-0.3, -0.25) is 14.5 Å². The van der Waals surface area contributed by atoms with E-state index >= 15 is 0 Å². The van der Waals surface area contributed by atoms with Crippen molar-refractivity contribution in [3.63, 3.8) is 0 Å². The number of hydrogen-bond donors (Lipinski definition) is 0. The van der Waals surface area contributed by atoms with Gasteiger partial charge in [0.05, 0.1) is 23.2 Å². The molecule has 1 aliphatic heterocycles. The Morgan fingerprint density at radius 2 is 2.18 bits per heavy atom. The van der Waals surface area contributed by atoms with E-state index in [0.717, 1.165) is 10.2 Å². The Kier molecular flexibility index (Phi) is 2.38. The maximum Gasteiger partial charge on any atom is 0.236 e. The number of nitrogens with zero attached hydrogens (tertiary/aromatic N) is 2. The van der Waals surface area contributed by atoms with Gasteiger partial charge in [0, 0.05) is 5.02 Å². The summed E-state index contributed by atoms with van der Waals surface area (Å²) in [5, 5.41) is 1.20. The van der Waals surface area contributed by atoms with Crippen LogP contribution in [0.2, 0.25) is 5.02 Å². The van der Waals surface area contributed by atoms with E-state index < -0.39 is 0 Å². The predicted octanol–water partition coefficient (Wildman–Crippen LogP) is 2.26. The van der Waals surface area contributed by atoms with Gasteiger partial charge in [-0.25, -0.2) is 4.98 Å². The highest BCUT2D eigenvalue weighted by Gasteiger charge is 2.30. The molecule has 3 rings (SSSR count). The second-order valence-corrected chi connectivity index (χ2v) is 5.25. The quantitative estimate of drug-likeness (QED) is 0.744. The standard InChI is InChI=1S/C11H7ClN2O2S/c12-6-1-2-8-9(3-6)17-11(13-8)14-5-7(15)4-10(14)16/h1-3H,4-5H2. The normalized spacial score (nSPS) is 16.2. The molecule has 0 bridgehead atoms. The van der Waals surface area contributed by atoms with Crippen LogP contribution < -0.4 is 4.90 Å². The summed E-state index contributed by atoms with van der Waals surface area (Å²) in [7, 11) is 0. The van der Waals surface area contributed by atoms with E-state index in [1.54, 1.807) is 18.2 Å². The smallest absolute Gasteiger partial charge is 0.236 e. The van der Waals surface area contributed by atoms with E-state index in [-0.39, 0.29) is 24.7 Å². The summed E-state index contributed by atoms with van der Waals surface area (Å²) in [5.74, 6) is -0.243. The number of thiazole rings is 1. The molecule has 86 valence electrons. The minimum Gasteiger partial charge on any atom is -0.297 e. The third-order valence-electron chi connectivity index (χ3n) is 2.55. The number of fused-ring (bicyclic) bond motifs is 1. The molecule has 6 heteroatoms. The molecule has 0 radical (unpaired) electrons. The molecule has 2 aromatic rings. The lowest BCUT2D eigenvalue weighted by Gasteiger charge is -2.08. The van der Waals surface area contributed by atoms with Crippen LogP contribution in [0.1, 0.15) is 6.42 Å². The zero-order valence-electron chi connectivity index (χ0n) is 8.64. The summed E-state index contributed by atoms with van der Waals surface area (Å²) in [6.45, 7) is 0.131. The molecule has 0 spiro atoms. The summed E-state index contributed by atoms with van der Waals surface area (Å²) in [4.78, 5) is 28.5. The number of rotatable bonds is 1. The molecule has 0 aliphatic carbocycles. The number of carbonyl (C=O) groups is 2. The topological polar surface area (TPSA) is 50.3 Å². The van der Waals surface area contributed by atoms with Gasteiger partial charge in [0.25, 0.3) is 0 Å². The van der Waals surface area contributed by atoms with E-state index in [2.05, 4.69) is 4.98 Å². The molecule has 1 fully saturated rings. The third kappa shape index (κ3) is 1.81. The zero-order chi connectivity index (χ0) is 12.0. The SMILES string of the molecule is O=C1CC(=O)N(c2nc3ccc(Cl)cc3s2)C1. The maximum atomic E-state index is 11.6. The largest absolute Gasteiger partial charge is 0.297 e. The maximum absolute atomic E-state index is 11.6. The van der Waals surface area contributed by atoms with E-state index in [0.29, 0.717) is 10.2 Å². The molecule has 1 aromatic heterocycles. The van der Waals surface area contributed by atoms with E-state index in [1.165, 1.54) is 16.2 Å². The first-order valence-corrected chi connectivity index (χ1v) is 6.21. The molecule has 2 heterocycles. The van der Waals surface area contributed by atoms with E-state index in [1.807, 2.05) is 0 Å². The molecule has 4 nitrogen and oxygen atoms in total. The van der Waals surface area contributed by atoms with Gasteiger partial charge < -0.3 is 0 Å². The van der Waals surface area contributed by atoms with Crippen LogP contribution in [-0.2, 0) is 9.59 Å².